The average Bonchev–Trinajstić information content (AvgIpc) is 2.05. The molecule has 0 aromatic heterocycles. The quantitative estimate of drug-likeness (QED) is 0.567. The minimum absolute atomic E-state index is 0.0567. The van der Waals surface area contributed by atoms with E-state index in [0.717, 1.165) is 5.56 Å². The number of hydrogen-bond acceptors (Lipinski definition) is 0. The summed E-state index contributed by atoms with van der Waals surface area (Å²) in [5.74, 6) is 0. The lowest BCUT2D eigenvalue weighted by Gasteiger charge is -2.01. The van der Waals surface area contributed by atoms with E-state index in [-0.39, 0.29) is 5.25 Å². The highest BCUT2D eigenvalue weighted by atomic mass is 32.1. The van der Waals surface area contributed by atoms with Crippen molar-refractivity contribution in [1.29, 1.82) is 0 Å². The van der Waals surface area contributed by atoms with Crippen molar-refractivity contribution >= 4 is 12.6 Å². The van der Waals surface area contributed by atoms with E-state index in [1.165, 1.54) is 0 Å². The molecule has 0 saturated carbocycles. The average molecular weight is 149 g/mol. The molecule has 10 heavy (non-hydrogen) atoms. The Morgan fingerprint density at radius 2 is 1.90 bits per heavy atom. The maximum Gasteiger partial charge on any atom is 0.0578 e. The summed E-state index contributed by atoms with van der Waals surface area (Å²) in [6, 6.07) is 9.98. The Balaban J connectivity index is 2.84. The van der Waals surface area contributed by atoms with E-state index in [2.05, 4.69) is 6.58 Å². The van der Waals surface area contributed by atoms with Crippen LogP contribution in [-0.4, -0.2) is 0 Å². The van der Waals surface area contributed by atoms with Crippen LogP contribution >= 0.6 is 12.6 Å². The van der Waals surface area contributed by atoms with E-state index in [4.69, 9.17) is 12.6 Å². The van der Waals surface area contributed by atoms with Gasteiger partial charge in [0.15, 0.2) is 0 Å². The molecule has 1 aromatic carbocycles. The Labute approximate surface area is 67.0 Å². The molecular formula is C9H9S. The molecule has 51 valence electrons. The Bertz CT molecular complexity index is 203. The molecule has 1 radical (unpaired) electrons. The lowest BCUT2D eigenvalue weighted by Crippen LogP contribution is -1.82. The van der Waals surface area contributed by atoms with E-state index < -0.39 is 0 Å². The molecule has 0 amide bonds. The molecule has 0 aliphatic rings. The van der Waals surface area contributed by atoms with E-state index in [1.807, 2.05) is 30.3 Å². The number of hydrogen-bond donors (Lipinski definition) is 0. The Hall–Kier alpha value is -0.690. The van der Waals surface area contributed by atoms with Gasteiger partial charge in [0.2, 0.25) is 0 Å². The number of rotatable bonds is 2. The fraction of sp³-hybridized carbons (Fsp3) is 0.111. The summed E-state index contributed by atoms with van der Waals surface area (Å²) in [5, 5.41) is 0.0567. The second kappa shape index (κ2) is 3.47. The smallest absolute Gasteiger partial charge is 0.0578 e. The normalized spacial score (nSPS) is 12.5. The molecule has 1 heteroatoms. The van der Waals surface area contributed by atoms with Crippen LogP contribution in [0.4, 0.5) is 0 Å². The summed E-state index contributed by atoms with van der Waals surface area (Å²) in [4.78, 5) is 0. The summed E-state index contributed by atoms with van der Waals surface area (Å²) in [7, 11) is 0. The van der Waals surface area contributed by atoms with Gasteiger partial charge in [0.1, 0.15) is 0 Å². The topological polar surface area (TPSA) is 0 Å². The molecule has 1 unspecified atom stereocenters. The molecule has 0 saturated heterocycles. The predicted octanol–water partition coefficient (Wildman–Crippen LogP) is 3.11. The highest BCUT2D eigenvalue weighted by molar-refractivity contribution is 7.80. The molecule has 1 aromatic rings. The third kappa shape index (κ3) is 1.64. The fourth-order valence-electron chi connectivity index (χ4n) is 0.779. The van der Waals surface area contributed by atoms with Crippen molar-refractivity contribution in [3.63, 3.8) is 0 Å². The van der Waals surface area contributed by atoms with Crippen LogP contribution in [0.1, 0.15) is 10.8 Å². The van der Waals surface area contributed by atoms with Gasteiger partial charge in [-0.15, -0.1) is 6.58 Å². The largest absolute Gasteiger partial charge is 0.102 e. The van der Waals surface area contributed by atoms with Crippen LogP contribution in [0.5, 0.6) is 0 Å². The molecule has 0 N–H and O–H groups in total. The zero-order chi connectivity index (χ0) is 7.40. The molecule has 0 aliphatic heterocycles. The monoisotopic (exact) mass is 149 g/mol. The van der Waals surface area contributed by atoms with Crippen molar-refractivity contribution in [3.05, 3.63) is 48.6 Å². The van der Waals surface area contributed by atoms with Crippen LogP contribution in [-0.2, 0) is 0 Å². The molecule has 0 nitrogen and oxygen atoms in total. The predicted molar refractivity (Wildman–Crippen MR) is 47.0 cm³/mol. The third-order valence-corrected chi connectivity index (χ3v) is 1.81. The van der Waals surface area contributed by atoms with Gasteiger partial charge in [0, 0.05) is 0 Å². The molecule has 0 aliphatic carbocycles. The first kappa shape index (κ1) is 7.42. The Morgan fingerprint density at radius 3 is 2.40 bits per heavy atom. The van der Waals surface area contributed by atoms with Crippen molar-refractivity contribution in [2.24, 2.45) is 0 Å². The van der Waals surface area contributed by atoms with E-state index in [1.54, 1.807) is 6.08 Å². The van der Waals surface area contributed by atoms with E-state index in [0.29, 0.717) is 0 Å². The molecule has 1 atom stereocenters. The van der Waals surface area contributed by atoms with E-state index >= 15 is 0 Å². The summed E-state index contributed by atoms with van der Waals surface area (Å²) in [6.07, 6.45) is 1.77. The van der Waals surface area contributed by atoms with Crippen molar-refractivity contribution in [3.8, 4) is 0 Å². The van der Waals surface area contributed by atoms with Gasteiger partial charge in [-0.1, -0.05) is 49.0 Å². The molecule has 0 bridgehead atoms. The van der Waals surface area contributed by atoms with Gasteiger partial charge in [-0.2, -0.15) is 0 Å². The summed E-state index contributed by atoms with van der Waals surface area (Å²) < 4.78 is 0. The zero-order valence-corrected chi connectivity index (χ0v) is 6.47. The zero-order valence-electron chi connectivity index (χ0n) is 5.66. The second-order valence-corrected chi connectivity index (χ2v) is 2.57. The fourth-order valence-corrected chi connectivity index (χ4v) is 0.936. The first-order valence-corrected chi connectivity index (χ1v) is 3.65. The van der Waals surface area contributed by atoms with Crippen LogP contribution in [0.2, 0.25) is 0 Å². The Morgan fingerprint density at radius 1 is 1.30 bits per heavy atom. The summed E-state index contributed by atoms with van der Waals surface area (Å²) in [5.41, 5.74) is 1.15. The SMILES string of the molecule is C=CC([S])c1ccccc1. The van der Waals surface area contributed by atoms with Crippen molar-refractivity contribution in [2.45, 2.75) is 5.25 Å². The Kier molecular flexibility index (Phi) is 2.57. The molecule has 0 spiro atoms. The summed E-state index contributed by atoms with van der Waals surface area (Å²) in [6.45, 7) is 3.63. The van der Waals surface area contributed by atoms with Crippen LogP contribution in [0, 0.1) is 0 Å². The molecule has 0 fully saturated rings. The van der Waals surface area contributed by atoms with Gasteiger partial charge >= 0.3 is 0 Å². The van der Waals surface area contributed by atoms with Gasteiger partial charge in [-0.3, -0.25) is 0 Å². The van der Waals surface area contributed by atoms with Gasteiger partial charge < -0.3 is 0 Å². The molecule has 1 rings (SSSR count). The van der Waals surface area contributed by atoms with Crippen LogP contribution < -0.4 is 0 Å². The van der Waals surface area contributed by atoms with Crippen LogP contribution in [0.3, 0.4) is 0 Å². The van der Waals surface area contributed by atoms with Crippen molar-refractivity contribution in [2.75, 3.05) is 0 Å². The van der Waals surface area contributed by atoms with Crippen LogP contribution in [0.25, 0.3) is 0 Å². The standard InChI is InChI=1S/C9H9S/c1-2-9(10)8-6-4-3-5-7-8/h2-7,9H,1H2. The van der Waals surface area contributed by atoms with Gasteiger partial charge in [0.25, 0.3) is 0 Å². The third-order valence-electron chi connectivity index (χ3n) is 1.34. The minimum Gasteiger partial charge on any atom is -0.102 e. The minimum atomic E-state index is 0.0567. The first-order chi connectivity index (χ1) is 4.84. The van der Waals surface area contributed by atoms with Gasteiger partial charge in [0.05, 0.1) is 5.25 Å². The van der Waals surface area contributed by atoms with Gasteiger partial charge in [-0.05, 0) is 5.56 Å². The molecular weight excluding hydrogens is 140 g/mol. The summed E-state index contributed by atoms with van der Waals surface area (Å²) >= 11 is 5.09. The lowest BCUT2D eigenvalue weighted by molar-refractivity contribution is 1.25. The maximum absolute atomic E-state index is 5.09. The number of benzene rings is 1. The van der Waals surface area contributed by atoms with Crippen molar-refractivity contribution in [1.82, 2.24) is 0 Å². The lowest BCUT2D eigenvalue weighted by atomic mass is 10.1. The maximum atomic E-state index is 5.09. The van der Waals surface area contributed by atoms with Crippen molar-refractivity contribution < 1.29 is 0 Å². The first-order valence-electron chi connectivity index (χ1n) is 3.18. The van der Waals surface area contributed by atoms with E-state index in [9.17, 15) is 0 Å². The highest BCUT2D eigenvalue weighted by Gasteiger charge is 1.98. The second-order valence-electron chi connectivity index (χ2n) is 2.07. The molecule has 0 heterocycles. The highest BCUT2D eigenvalue weighted by Crippen LogP contribution is 2.19. The van der Waals surface area contributed by atoms with Crippen LogP contribution in [0.15, 0.2) is 43.0 Å². The van der Waals surface area contributed by atoms with Gasteiger partial charge in [-0.25, -0.2) is 0 Å².